The van der Waals surface area contributed by atoms with E-state index in [0.29, 0.717) is 0 Å². The van der Waals surface area contributed by atoms with E-state index in [1.807, 2.05) is 0 Å². The molecule has 0 aromatic rings. The van der Waals surface area contributed by atoms with Crippen LogP contribution in [-0.2, 0) is 19.1 Å². The predicted octanol–water partition coefficient (Wildman–Crippen LogP) is 0.820. The van der Waals surface area contributed by atoms with Crippen LogP contribution < -0.4 is 0 Å². The lowest BCUT2D eigenvalue weighted by molar-refractivity contribution is -0.160. The van der Waals surface area contributed by atoms with Crippen LogP contribution in [0.4, 0.5) is 0 Å². The molecule has 0 bridgehead atoms. The first-order chi connectivity index (χ1) is 5.41. The molecule has 1 rings (SSSR count). The molecule has 1 fully saturated rings. The van der Waals surface area contributed by atoms with Crippen LogP contribution in [0, 0.1) is 0 Å². The Morgan fingerprint density at radius 1 is 1.67 bits per heavy atom. The Morgan fingerprint density at radius 3 is 2.58 bits per heavy atom. The summed E-state index contributed by atoms with van der Waals surface area (Å²) in [6.45, 7) is 3.20. The molecule has 0 N–H and O–H groups in total. The van der Waals surface area contributed by atoms with Gasteiger partial charge in [0.1, 0.15) is 0 Å². The quantitative estimate of drug-likeness (QED) is 0.480. The lowest BCUT2D eigenvalue weighted by Gasteiger charge is -2.14. The molecule has 0 unspecified atom stereocenters. The number of ether oxygens (including phenoxy) is 2. The van der Waals surface area contributed by atoms with Crippen LogP contribution >= 0.6 is 11.6 Å². The van der Waals surface area contributed by atoms with Crippen LogP contribution in [0.2, 0.25) is 0 Å². The maximum absolute atomic E-state index is 11.0. The Morgan fingerprint density at radius 2 is 2.25 bits per heavy atom. The van der Waals surface area contributed by atoms with Gasteiger partial charge in [-0.1, -0.05) is 0 Å². The van der Waals surface area contributed by atoms with Crippen molar-refractivity contribution in [2.75, 3.05) is 0 Å². The van der Waals surface area contributed by atoms with E-state index < -0.39 is 23.1 Å². The summed E-state index contributed by atoms with van der Waals surface area (Å²) in [4.78, 5) is 21.4. The summed E-state index contributed by atoms with van der Waals surface area (Å²) < 4.78 is 9.88. The third-order valence-corrected chi connectivity index (χ3v) is 1.54. The van der Waals surface area contributed by atoms with E-state index in [0.717, 1.165) is 0 Å². The van der Waals surface area contributed by atoms with Gasteiger partial charge in [-0.15, -0.1) is 0 Å². The first-order valence-electron chi connectivity index (χ1n) is 3.50. The second kappa shape index (κ2) is 3.03. The van der Waals surface area contributed by atoms with Crippen LogP contribution in [0.3, 0.4) is 0 Å². The van der Waals surface area contributed by atoms with Crippen molar-refractivity contribution in [2.24, 2.45) is 0 Å². The van der Waals surface area contributed by atoms with Crippen molar-refractivity contribution in [2.45, 2.75) is 32.2 Å². The van der Waals surface area contributed by atoms with Gasteiger partial charge >= 0.3 is 5.97 Å². The highest BCUT2D eigenvalue weighted by Gasteiger charge is 2.41. The van der Waals surface area contributed by atoms with Crippen molar-refractivity contribution in [3.63, 3.8) is 0 Å². The zero-order valence-electron chi connectivity index (χ0n) is 6.80. The average Bonchev–Trinajstić information content (AvgIpc) is 2.03. The summed E-state index contributed by atoms with van der Waals surface area (Å²) in [6.07, 6.45) is -0.978. The smallest absolute Gasteiger partial charge is 0.338 e. The molecule has 12 heavy (non-hydrogen) atoms. The monoisotopic (exact) mass is 192 g/mol. The second-order valence-electron chi connectivity index (χ2n) is 2.99. The maximum atomic E-state index is 11.0. The van der Waals surface area contributed by atoms with Crippen LogP contribution in [0.1, 0.15) is 20.3 Å². The van der Waals surface area contributed by atoms with Gasteiger partial charge in [-0.2, -0.15) is 0 Å². The van der Waals surface area contributed by atoms with Crippen LogP contribution in [-0.4, -0.2) is 23.1 Å². The van der Waals surface area contributed by atoms with Gasteiger partial charge in [-0.25, -0.2) is 4.79 Å². The Bertz CT molecular complexity index is 223. The number of rotatable bonds is 2. The minimum atomic E-state index is -0.936. The molecule has 68 valence electrons. The van der Waals surface area contributed by atoms with E-state index in [2.05, 4.69) is 0 Å². The van der Waals surface area contributed by atoms with Gasteiger partial charge in [0.2, 0.25) is 11.0 Å². The van der Waals surface area contributed by atoms with Crippen molar-refractivity contribution in [1.82, 2.24) is 0 Å². The SMILES string of the molecule is CC1(C)OC(=O)[C@H](CC(=O)Cl)O1. The number of esters is 1. The molecule has 0 amide bonds. The molecule has 4 nitrogen and oxygen atoms in total. The van der Waals surface area contributed by atoms with Crippen LogP contribution in [0.15, 0.2) is 0 Å². The molecule has 1 saturated heterocycles. The number of hydrogen-bond donors (Lipinski definition) is 0. The fourth-order valence-corrected chi connectivity index (χ4v) is 1.13. The number of hydrogen-bond acceptors (Lipinski definition) is 4. The van der Waals surface area contributed by atoms with Gasteiger partial charge in [0.05, 0.1) is 6.42 Å². The van der Waals surface area contributed by atoms with Gasteiger partial charge < -0.3 is 9.47 Å². The number of carbonyl (C=O) groups excluding carboxylic acids is 2. The van der Waals surface area contributed by atoms with Crippen molar-refractivity contribution >= 4 is 22.8 Å². The number of halogens is 1. The first-order valence-corrected chi connectivity index (χ1v) is 3.87. The molecule has 0 aromatic carbocycles. The summed E-state index contributed by atoms with van der Waals surface area (Å²) in [5.74, 6) is -1.47. The normalized spacial score (nSPS) is 26.9. The molecule has 0 saturated carbocycles. The zero-order chi connectivity index (χ0) is 9.35. The highest BCUT2D eigenvalue weighted by atomic mass is 35.5. The molecule has 0 spiro atoms. The van der Waals surface area contributed by atoms with Gasteiger partial charge in [0.25, 0.3) is 0 Å². The molecule has 0 aliphatic carbocycles. The van der Waals surface area contributed by atoms with Gasteiger partial charge in [-0.3, -0.25) is 4.79 Å². The van der Waals surface area contributed by atoms with Crippen molar-refractivity contribution < 1.29 is 19.1 Å². The predicted molar refractivity (Wildman–Crippen MR) is 40.5 cm³/mol. The van der Waals surface area contributed by atoms with E-state index in [1.165, 1.54) is 0 Å². The molecule has 1 aliphatic heterocycles. The number of cyclic esters (lactones) is 1. The topological polar surface area (TPSA) is 52.6 Å². The third kappa shape index (κ3) is 2.19. The zero-order valence-corrected chi connectivity index (χ0v) is 7.55. The highest BCUT2D eigenvalue weighted by molar-refractivity contribution is 6.63. The van der Waals surface area contributed by atoms with Crippen LogP contribution in [0.5, 0.6) is 0 Å². The molecule has 1 heterocycles. The standard InChI is InChI=1S/C7H9ClO4/c1-7(2)11-4(3-5(8)9)6(10)12-7/h4H,3H2,1-2H3/t4-/m0/s1. The van der Waals surface area contributed by atoms with Gasteiger partial charge in [0, 0.05) is 13.8 Å². The maximum Gasteiger partial charge on any atom is 0.338 e. The Kier molecular flexibility index (Phi) is 2.39. The first kappa shape index (κ1) is 9.48. The Hall–Kier alpha value is -0.610. The van der Waals surface area contributed by atoms with Crippen molar-refractivity contribution in [3.05, 3.63) is 0 Å². The van der Waals surface area contributed by atoms with E-state index in [-0.39, 0.29) is 6.42 Å². The molecule has 5 heteroatoms. The van der Waals surface area contributed by atoms with E-state index >= 15 is 0 Å². The molecule has 1 atom stereocenters. The molecule has 0 aromatic heterocycles. The largest absolute Gasteiger partial charge is 0.432 e. The van der Waals surface area contributed by atoms with Crippen LogP contribution in [0.25, 0.3) is 0 Å². The molecule has 1 aliphatic rings. The third-order valence-electron chi connectivity index (χ3n) is 1.38. The summed E-state index contributed by atoms with van der Waals surface area (Å²) in [6, 6.07) is 0. The summed E-state index contributed by atoms with van der Waals surface area (Å²) in [5.41, 5.74) is 0. The highest BCUT2D eigenvalue weighted by Crippen LogP contribution is 2.25. The molecular formula is C7H9ClO4. The van der Waals surface area contributed by atoms with Crippen molar-refractivity contribution in [1.29, 1.82) is 0 Å². The second-order valence-corrected chi connectivity index (χ2v) is 3.41. The Balaban J connectivity index is 2.58. The van der Waals surface area contributed by atoms with Gasteiger partial charge in [0.15, 0.2) is 6.10 Å². The minimum Gasteiger partial charge on any atom is -0.432 e. The fraction of sp³-hybridized carbons (Fsp3) is 0.714. The summed E-state index contributed by atoms with van der Waals surface area (Å²) in [7, 11) is 0. The molecular weight excluding hydrogens is 184 g/mol. The summed E-state index contributed by atoms with van der Waals surface area (Å²) in [5, 5.41) is -0.602. The number of carbonyl (C=O) groups is 2. The average molecular weight is 193 g/mol. The Labute approximate surface area is 74.8 Å². The lowest BCUT2D eigenvalue weighted by Crippen LogP contribution is -2.22. The van der Waals surface area contributed by atoms with Gasteiger partial charge in [-0.05, 0) is 11.6 Å². The van der Waals surface area contributed by atoms with Crippen molar-refractivity contribution in [3.8, 4) is 0 Å². The van der Waals surface area contributed by atoms with E-state index in [1.54, 1.807) is 13.8 Å². The fourth-order valence-electron chi connectivity index (χ4n) is 0.993. The summed E-state index contributed by atoms with van der Waals surface area (Å²) >= 11 is 5.09. The molecule has 0 radical (unpaired) electrons. The lowest BCUT2D eigenvalue weighted by atomic mass is 10.3. The minimum absolute atomic E-state index is 0.135. The van der Waals surface area contributed by atoms with E-state index in [9.17, 15) is 9.59 Å². The van der Waals surface area contributed by atoms with E-state index in [4.69, 9.17) is 21.1 Å².